The van der Waals surface area contributed by atoms with Crippen LogP contribution in [0.15, 0.2) is 22.7 Å². The summed E-state index contributed by atoms with van der Waals surface area (Å²) in [6.45, 7) is 5.67. The van der Waals surface area contributed by atoms with Crippen LogP contribution in [0.4, 0.5) is 0 Å². The van der Waals surface area contributed by atoms with Crippen molar-refractivity contribution in [3.05, 3.63) is 41.1 Å². The van der Waals surface area contributed by atoms with Crippen LogP contribution in [0.25, 0.3) is 0 Å². The summed E-state index contributed by atoms with van der Waals surface area (Å²) in [4.78, 5) is 28.2. The van der Waals surface area contributed by atoms with Crippen LogP contribution in [0.3, 0.4) is 0 Å². The Labute approximate surface area is 127 Å². The Hall–Kier alpha value is -2.57. The standard InChI is InChI=1S/C15H18N4O3/c1-10-9-12(11(2)22-10)14(20)18-5-7-19(8-6-18)15(21)13-3-4-16-17-13/h3-4,9H,5-8H2,1-2H3,(H,16,17). The van der Waals surface area contributed by atoms with E-state index in [1.807, 2.05) is 6.92 Å². The van der Waals surface area contributed by atoms with Crippen molar-refractivity contribution in [3.8, 4) is 0 Å². The van der Waals surface area contributed by atoms with Crippen molar-refractivity contribution in [2.45, 2.75) is 13.8 Å². The summed E-state index contributed by atoms with van der Waals surface area (Å²) < 4.78 is 5.41. The summed E-state index contributed by atoms with van der Waals surface area (Å²) in [7, 11) is 0. The lowest BCUT2D eigenvalue weighted by atomic mass is 10.2. The monoisotopic (exact) mass is 302 g/mol. The van der Waals surface area contributed by atoms with E-state index in [2.05, 4.69) is 10.2 Å². The molecule has 1 saturated heterocycles. The Kier molecular flexibility index (Phi) is 3.70. The second-order valence-corrected chi connectivity index (χ2v) is 5.38. The maximum Gasteiger partial charge on any atom is 0.271 e. The van der Waals surface area contributed by atoms with Crippen LogP contribution in [-0.2, 0) is 0 Å². The topological polar surface area (TPSA) is 82.4 Å². The maximum absolute atomic E-state index is 12.5. The predicted molar refractivity (Wildman–Crippen MR) is 78.6 cm³/mol. The quantitative estimate of drug-likeness (QED) is 0.904. The molecule has 0 saturated carbocycles. The lowest BCUT2D eigenvalue weighted by molar-refractivity contribution is 0.0531. The molecule has 0 aliphatic carbocycles. The molecule has 22 heavy (non-hydrogen) atoms. The molecule has 1 fully saturated rings. The van der Waals surface area contributed by atoms with Gasteiger partial charge in [0.1, 0.15) is 17.2 Å². The number of hydrogen-bond donors (Lipinski definition) is 1. The average Bonchev–Trinajstić information content (AvgIpc) is 3.15. The fraction of sp³-hybridized carbons (Fsp3) is 0.400. The molecule has 1 aliphatic rings. The minimum absolute atomic E-state index is 0.0389. The van der Waals surface area contributed by atoms with Crippen LogP contribution in [0.1, 0.15) is 32.4 Å². The zero-order valence-corrected chi connectivity index (χ0v) is 12.6. The Balaban J connectivity index is 1.63. The van der Waals surface area contributed by atoms with Crippen LogP contribution in [0.2, 0.25) is 0 Å². The molecule has 116 valence electrons. The number of aryl methyl sites for hydroxylation is 2. The van der Waals surface area contributed by atoms with Gasteiger partial charge in [-0.2, -0.15) is 5.10 Å². The van der Waals surface area contributed by atoms with Crippen LogP contribution in [0.5, 0.6) is 0 Å². The molecule has 0 bridgehead atoms. The molecule has 7 heteroatoms. The molecule has 3 rings (SSSR count). The highest BCUT2D eigenvalue weighted by atomic mass is 16.3. The molecule has 2 aromatic heterocycles. The first-order valence-corrected chi connectivity index (χ1v) is 7.21. The second kappa shape index (κ2) is 5.67. The molecule has 0 spiro atoms. The van der Waals surface area contributed by atoms with Crippen molar-refractivity contribution in [2.75, 3.05) is 26.2 Å². The van der Waals surface area contributed by atoms with Gasteiger partial charge in [-0.25, -0.2) is 0 Å². The highest BCUT2D eigenvalue weighted by molar-refractivity contribution is 5.96. The van der Waals surface area contributed by atoms with E-state index in [0.29, 0.717) is 43.2 Å². The fourth-order valence-electron chi connectivity index (χ4n) is 2.67. The second-order valence-electron chi connectivity index (χ2n) is 5.38. The van der Waals surface area contributed by atoms with E-state index in [1.54, 1.807) is 35.1 Å². The molecule has 7 nitrogen and oxygen atoms in total. The number of nitrogens with one attached hydrogen (secondary N) is 1. The van der Waals surface area contributed by atoms with Crippen molar-refractivity contribution >= 4 is 11.8 Å². The molecule has 0 unspecified atom stereocenters. The summed E-state index contributed by atoms with van der Waals surface area (Å²) >= 11 is 0. The van der Waals surface area contributed by atoms with E-state index in [9.17, 15) is 9.59 Å². The van der Waals surface area contributed by atoms with E-state index in [0.717, 1.165) is 5.76 Å². The van der Waals surface area contributed by atoms with E-state index < -0.39 is 0 Å². The minimum Gasteiger partial charge on any atom is -0.466 e. The van der Waals surface area contributed by atoms with E-state index >= 15 is 0 Å². The number of carbonyl (C=O) groups excluding carboxylic acids is 2. The summed E-state index contributed by atoms with van der Waals surface area (Å²) in [5.41, 5.74) is 1.08. The first-order chi connectivity index (χ1) is 10.6. The summed E-state index contributed by atoms with van der Waals surface area (Å²) in [5, 5.41) is 6.46. The van der Waals surface area contributed by atoms with Gasteiger partial charge in [-0.15, -0.1) is 0 Å². The normalized spacial score (nSPS) is 15.2. The van der Waals surface area contributed by atoms with Crippen molar-refractivity contribution in [1.29, 1.82) is 0 Å². The molecular weight excluding hydrogens is 284 g/mol. The summed E-state index contributed by atoms with van der Waals surface area (Å²) in [6.07, 6.45) is 1.55. The van der Waals surface area contributed by atoms with Gasteiger partial charge in [0, 0.05) is 32.4 Å². The average molecular weight is 302 g/mol. The van der Waals surface area contributed by atoms with Crippen LogP contribution in [0, 0.1) is 13.8 Å². The lowest BCUT2D eigenvalue weighted by Gasteiger charge is -2.34. The van der Waals surface area contributed by atoms with Crippen molar-refractivity contribution in [3.63, 3.8) is 0 Å². The van der Waals surface area contributed by atoms with Crippen molar-refractivity contribution in [1.82, 2.24) is 20.0 Å². The number of furan rings is 1. The molecular formula is C15H18N4O3. The summed E-state index contributed by atoms with van der Waals surface area (Å²) in [6, 6.07) is 3.41. The molecule has 2 aromatic rings. The number of hydrogen-bond acceptors (Lipinski definition) is 4. The van der Waals surface area contributed by atoms with Gasteiger partial charge in [0.25, 0.3) is 11.8 Å². The zero-order valence-electron chi connectivity index (χ0n) is 12.6. The van der Waals surface area contributed by atoms with Gasteiger partial charge in [-0.3, -0.25) is 14.7 Å². The molecule has 1 N–H and O–H groups in total. The molecule has 0 radical (unpaired) electrons. The van der Waals surface area contributed by atoms with Crippen LogP contribution >= 0.6 is 0 Å². The molecule has 0 atom stereocenters. The number of amides is 2. The number of rotatable bonds is 2. The van der Waals surface area contributed by atoms with Crippen molar-refractivity contribution < 1.29 is 14.0 Å². The predicted octanol–water partition coefficient (Wildman–Crippen LogP) is 1.22. The molecule has 1 aliphatic heterocycles. The van der Waals surface area contributed by atoms with E-state index in [-0.39, 0.29) is 11.8 Å². The van der Waals surface area contributed by atoms with Gasteiger partial charge >= 0.3 is 0 Å². The van der Waals surface area contributed by atoms with E-state index in [4.69, 9.17) is 4.42 Å². The maximum atomic E-state index is 12.5. The Morgan fingerprint density at radius 2 is 1.77 bits per heavy atom. The zero-order chi connectivity index (χ0) is 15.7. The Bertz CT molecular complexity index is 682. The molecule has 0 aromatic carbocycles. The number of piperazine rings is 1. The highest BCUT2D eigenvalue weighted by Crippen LogP contribution is 2.17. The molecule has 2 amide bonds. The number of carbonyl (C=O) groups is 2. The van der Waals surface area contributed by atoms with Gasteiger partial charge in [0.15, 0.2) is 0 Å². The number of aromatic amines is 1. The van der Waals surface area contributed by atoms with Crippen molar-refractivity contribution in [2.24, 2.45) is 0 Å². The van der Waals surface area contributed by atoms with E-state index in [1.165, 1.54) is 0 Å². The van der Waals surface area contributed by atoms with Gasteiger partial charge in [-0.1, -0.05) is 0 Å². The third-order valence-electron chi connectivity index (χ3n) is 3.86. The fourth-order valence-corrected chi connectivity index (χ4v) is 2.67. The SMILES string of the molecule is Cc1cc(C(=O)N2CCN(C(=O)c3ccn[nH]3)CC2)c(C)o1. The first kappa shape index (κ1) is 14.4. The third-order valence-corrected chi connectivity index (χ3v) is 3.86. The Morgan fingerprint density at radius 1 is 1.14 bits per heavy atom. The van der Waals surface area contributed by atoms with Gasteiger partial charge < -0.3 is 14.2 Å². The smallest absolute Gasteiger partial charge is 0.271 e. The minimum atomic E-state index is -0.0834. The van der Waals surface area contributed by atoms with Gasteiger partial charge in [0.2, 0.25) is 0 Å². The highest BCUT2D eigenvalue weighted by Gasteiger charge is 2.27. The first-order valence-electron chi connectivity index (χ1n) is 7.21. The van der Waals surface area contributed by atoms with Gasteiger partial charge in [0.05, 0.1) is 5.56 Å². The van der Waals surface area contributed by atoms with Gasteiger partial charge in [-0.05, 0) is 26.0 Å². The number of aromatic nitrogens is 2. The largest absolute Gasteiger partial charge is 0.466 e. The Morgan fingerprint density at radius 3 is 2.27 bits per heavy atom. The molecule has 3 heterocycles. The third kappa shape index (κ3) is 2.61. The summed E-state index contributed by atoms with van der Waals surface area (Å²) in [5.74, 6) is 1.25. The van der Waals surface area contributed by atoms with Crippen LogP contribution < -0.4 is 0 Å². The number of H-pyrrole nitrogens is 1. The lowest BCUT2D eigenvalue weighted by Crippen LogP contribution is -2.50. The number of nitrogens with zero attached hydrogens (tertiary/aromatic N) is 3. The van der Waals surface area contributed by atoms with Crippen LogP contribution in [-0.4, -0.2) is 58.0 Å².